The zero-order valence-electron chi connectivity index (χ0n) is 14.7. The van der Waals surface area contributed by atoms with Gasteiger partial charge in [-0.25, -0.2) is 4.79 Å². The number of ether oxygens (including phenoxy) is 2. The second-order valence-corrected chi connectivity index (χ2v) is 6.52. The maximum absolute atomic E-state index is 12.0. The summed E-state index contributed by atoms with van der Waals surface area (Å²) in [5, 5.41) is 39.8. The van der Waals surface area contributed by atoms with Crippen LogP contribution in [0.4, 0.5) is 0 Å². The van der Waals surface area contributed by atoms with Crippen LogP contribution < -0.4 is 10.4 Å². The van der Waals surface area contributed by atoms with Gasteiger partial charge in [0.2, 0.25) is 6.29 Å². The van der Waals surface area contributed by atoms with Crippen molar-refractivity contribution < 1.29 is 34.3 Å². The highest BCUT2D eigenvalue weighted by atomic mass is 16.7. The molecule has 0 spiro atoms. The van der Waals surface area contributed by atoms with Crippen molar-refractivity contribution in [2.75, 3.05) is 6.61 Å². The number of fused-ring (bicyclic) bond motifs is 1. The largest absolute Gasteiger partial charge is 0.462 e. The molecule has 1 saturated heterocycles. The summed E-state index contributed by atoms with van der Waals surface area (Å²) >= 11 is 0. The Labute approximate surface area is 149 Å². The molecule has 0 bridgehead atoms. The van der Waals surface area contributed by atoms with E-state index in [1.807, 2.05) is 6.92 Å². The van der Waals surface area contributed by atoms with Gasteiger partial charge < -0.3 is 34.3 Å². The molecule has 142 valence electrons. The van der Waals surface area contributed by atoms with Crippen molar-refractivity contribution in [3.63, 3.8) is 0 Å². The predicted octanol–water partition coefficient (Wildman–Crippen LogP) is -0.103. The maximum Gasteiger partial charge on any atom is 0.339 e. The number of hydrogen-bond donors (Lipinski definition) is 4. The number of rotatable bonds is 3. The first-order valence-electron chi connectivity index (χ1n) is 8.27. The number of hydrogen-bond acceptors (Lipinski definition) is 8. The van der Waals surface area contributed by atoms with Crippen LogP contribution in [-0.2, 0) is 4.74 Å². The quantitative estimate of drug-likeness (QED) is 0.554. The topological polar surface area (TPSA) is 130 Å². The van der Waals surface area contributed by atoms with Crippen molar-refractivity contribution in [3.05, 3.63) is 39.2 Å². The van der Waals surface area contributed by atoms with E-state index in [0.717, 1.165) is 10.9 Å². The van der Waals surface area contributed by atoms with Crippen LogP contribution in [0.5, 0.6) is 5.75 Å². The Morgan fingerprint density at radius 2 is 1.69 bits per heavy atom. The van der Waals surface area contributed by atoms with Gasteiger partial charge in [0.15, 0.2) is 0 Å². The molecule has 4 N–H and O–H groups in total. The summed E-state index contributed by atoms with van der Waals surface area (Å²) in [4.78, 5) is 12.0. The van der Waals surface area contributed by atoms with Gasteiger partial charge in [-0.2, -0.15) is 0 Å². The summed E-state index contributed by atoms with van der Waals surface area (Å²) in [6.07, 6.45) is -6.89. The highest BCUT2D eigenvalue weighted by Gasteiger charge is 2.44. The van der Waals surface area contributed by atoms with Gasteiger partial charge in [0.05, 0.1) is 6.61 Å². The summed E-state index contributed by atoms with van der Waals surface area (Å²) in [6.45, 7) is 4.66. The van der Waals surface area contributed by atoms with Crippen molar-refractivity contribution in [2.24, 2.45) is 0 Å². The molecule has 0 unspecified atom stereocenters. The molecule has 8 nitrogen and oxygen atoms in total. The number of aryl methyl sites for hydroxylation is 2. The summed E-state index contributed by atoms with van der Waals surface area (Å²) < 4.78 is 16.4. The summed E-state index contributed by atoms with van der Waals surface area (Å²) in [5.41, 5.74) is 1.78. The standard InChI is InChI=1S/C18H22O8/c1-7-8(2)17(23)26-16-9(3)11(5-4-10(7)16)24-18-15(22)14(21)13(20)12(6-19)25-18/h4-5,12-15,18-22H,6H2,1-3H3/t12-,13+,14+,15-,18+/m1/s1. The van der Waals surface area contributed by atoms with Crippen molar-refractivity contribution in [1.82, 2.24) is 0 Å². The minimum absolute atomic E-state index is 0.285. The van der Waals surface area contributed by atoms with Crippen LogP contribution in [0.3, 0.4) is 0 Å². The van der Waals surface area contributed by atoms with Gasteiger partial charge in [0.25, 0.3) is 0 Å². The van der Waals surface area contributed by atoms with E-state index in [2.05, 4.69) is 0 Å². The Morgan fingerprint density at radius 1 is 1.00 bits per heavy atom. The van der Waals surface area contributed by atoms with E-state index in [9.17, 15) is 25.2 Å². The van der Waals surface area contributed by atoms with Crippen LogP contribution in [0.25, 0.3) is 11.0 Å². The van der Waals surface area contributed by atoms with Crippen LogP contribution in [0, 0.1) is 20.8 Å². The Balaban J connectivity index is 1.97. The highest BCUT2D eigenvalue weighted by Crippen LogP contribution is 2.32. The summed E-state index contributed by atoms with van der Waals surface area (Å²) in [6, 6.07) is 3.37. The van der Waals surface area contributed by atoms with E-state index in [1.54, 1.807) is 26.0 Å². The molecule has 8 heteroatoms. The van der Waals surface area contributed by atoms with E-state index in [0.29, 0.717) is 16.7 Å². The minimum Gasteiger partial charge on any atom is -0.462 e. The molecular formula is C18H22O8. The first-order chi connectivity index (χ1) is 12.3. The average molecular weight is 366 g/mol. The van der Waals surface area contributed by atoms with Gasteiger partial charge in [-0.1, -0.05) is 0 Å². The smallest absolute Gasteiger partial charge is 0.339 e. The van der Waals surface area contributed by atoms with E-state index < -0.39 is 42.9 Å². The Morgan fingerprint density at radius 3 is 2.35 bits per heavy atom. The van der Waals surface area contributed by atoms with Gasteiger partial charge in [-0.3, -0.25) is 0 Å². The fourth-order valence-corrected chi connectivity index (χ4v) is 3.04. The maximum atomic E-state index is 12.0. The second kappa shape index (κ2) is 6.98. The number of aliphatic hydroxyl groups excluding tert-OH is 4. The van der Waals surface area contributed by atoms with Crippen LogP contribution >= 0.6 is 0 Å². The molecule has 5 atom stereocenters. The lowest BCUT2D eigenvalue weighted by molar-refractivity contribution is -0.277. The van der Waals surface area contributed by atoms with Gasteiger partial charge in [0.1, 0.15) is 35.7 Å². The lowest BCUT2D eigenvalue weighted by Crippen LogP contribution is -2.60. The molecule has 1 aliphatic rings. The molecule has 3 rings (SSSR count). The predicted molar refractivity (Wildman–Crippen MR) is 91.1 cm³/mol. The highest BCUT2D eigenvalue weighted by molar-refractivity contribution is 5.85. The molecule has 2 heterocycles. The average Bonchev–Trinajstić information content (AvgIpc) is 2.62. The lowest BCUT2D eigenvalue weighted by Gasteiger charge is -2.39. The van der Waals surface area contributed by atoms with Gasteiger partial charge in [0, 0.05) is 16.5 Å². The van der Waals surface area contributed by atoms with E-state index in [1.165, 1.54) is 0 Å². The van der Waals surface area contributed by atoms with Crippen molar-refractivity contribution in [1.29, 1.82) is 0 Å². The molecule has 0 radical (unpaired) electrons. The zero-order chi connectivity index (χ0) is 19.2. The van der Waals surface area contributed by atoms with Crippen molar-refractivity contribution in [2.45, 2.75) is 51.5 Å². The zero-order valence-corrected chi connectivity index (χ0v) is 14.7. The third-order valence-corrected chi connectivity index (χ3v) is 4.92. The second-order valence-electron chi connectivity index (χ2n) is 6.52. The molecule has 1 fully saturated rings. The minimum atomic E-state index is -1.53. The molecule has 2 aromatic rings. The Kier molecular flexibility index (Phi) is 5.05. The fraction of sp³-hybridized carbons (Fsp3) is 0.500. The third-order valence-electron chi connectivity index (χ3n) is 4.92. The first-order valence-corrected chi connectivity index (χ1v) is 8.27. The molecular weight excluding hydrogens is 344 g/mol. The van der Waals surface area contributed by atoms with Crippen LogP contribution in [-0.4, -0.2) is 57.7 Å². The summed E-state index contributed by atoms with van der Waals surface area (Å²) in [7, 11) is 0. The monoisotopic (exact) mass is 366 g/mol. The van der Waals surface area contributed by atoms with Crippen LogP contribution in [0.1, 0.15) is 16.7 Å². The van der Waals surface area contributed by atoms with Gasteiger partial charge >= 0.3 is 5.63 Å². The molecule has 26 heavy (non-hydrogen) atoms. The number of benzene rings is 1. The van der Waals surface area contributed by atoms with E-state index in [4.69, 9.17) is 13.9 Å². The van der Waals surface area contributed by atoms with Crippen molar-refractivity contribution >= 4 is 11.0 Å². The molecule has 1 aromatic carbocycles. The van der Waals surface area contributed by atoms with Gasteiger partial charge in [-0.15, -0.1) is 0 Å². The van der Waals surface area contributed by atoms with E-state index >= 15 is 0 Å². The lowest BCUT2D eigenvalue weighted by atomic mass is 9.99. The Hall–Kier alpha value is -1.97. The van der Waals surface area contributed by atoms with E-state index in [-0.39, 0.29) is 5.75 Å². The van der Waals surface area contributed by atoms with Crippen molar-refractivity contribution in [3.8, 4) is 5.75 Å². The van der Waals surface area contributed by atoms with Gasteiger partial charge in [-0.05, 0) is 38.5 Å². The third kappa shape index (κ3) is 3.00. The molecule has 1 aromatic heterocycles. The first kappa shape index (κ1) is 18.8. The number of aliphatic hydroxyl groups is 4. The SMILES string of the molecule is Cc1c(C)c2ccc(O[C@H]3O[C@H](CO)[C@H](O)[C@H](O)[C@H]3O)c(C)c2oc1=O. The molecule has 0 amide bonds. The normalized spacial score (nSPS) is 29.1. The molecule has 0 aliphatic carbocycles. The molecule has 1 aliphatic heterocycles. The summed E-state index contributed by atoms with van der Waals surface area (Å²) in [5.74, 6) is 0.285. The fourth-order valence-electron chi connectivity index (χ4n) is 3.04. The molecule has 0 saturated carbocycles. The Bertz CT molecular complexity index is 872. The van der Waals surface area contributed by atoms with Crippen LogP contribution in [0.15, 0.2) is 21.3 Å². The van der Waals surface area contributed by atoms with Crippen LogP contribution in [0.2, 0.25) is 0 Å².